The maximum absolute atomic E-state index is 12.4. The van der Waals surface area contributed by atoms with Crippen LogP contribution in [-0.4, -0.2) is 42.8 Å². The maximum atomic E-state index is 12.4. The lowest BCUT2D eigenvalue weighted by Gasteiger charge is -2.35. The summed E-state index contributed by atoms with van der Waals surface area (Å²) >= 11 is 6.06. The topological polar surface area (TPSA) is 76.4 Å². The van der Waals surface area contributed by atoms with E-state index in [-0.39, 0.29) is 11.4 Å². The summed E-state index contributed by atoms with van der Waals surface area (Å²) in [5.41, 5.74) is 2.20. The molecule has 0 bridgehead atoms. The quantitative estimate of drug-likeness (QED) is 0.463. The van der Waals surface area contributed by atoms with Crippen molar-refractivity contribution in [2.24, 2.45) is 0 Å². The van der Waals surface area contributed by atoms with Crippen LogP contribution in [0.4, 0.5) is 11.4 Å². The molecular weight excluding hydrogens is 388 g/mol. The summed E-state index contributed by atoms with van der Waals surface area (Å²) in [4.78, 5) is 28.0. The van der Waals surface area contributed by atoms with E-state index in [1.54, 1.807) is 30.5 Å². The molecule has 1 fully saturated rings. The van der Waals surface area contributed by atoms with Gasteiger partial charge in [0.2, 0.25) is 0 Å². The normalized spacial score (nSPS) is 14.3. The number of carbonyl (C=O) groups is 2. The Morgan fingerprint density at radius 2 is 1.79 bits per heavy atom. The van der Waals surface area contributed by atoms with Crippen molar-refractivity contribution in [2.45, 2.75) is 6.92 Å². The summed E-state index contributed by atoms with van der Waals surface area (Å²) in [5, 5.41) is 12.8. The standard InChI is InChI=1S/C22H21ClN4O2/c1-16(28)17-5-7-20(8-6-17)25-22(29)18(14-24)15-26-9-11-27(12-10-26)21-4-2-3-19(23)13-21/h2-8,13,15H,9-12H2,1H3,(H,25,29)/b18-15-. The number of benzene rings is 2. The number of ketones is 1. The van der Waals surface area contributed by atoms with E-state index in [1.165, 1.54) is 6.92 Å². The highest BCUT2D eigenvalue weighted by Gasteiger charge is 2.18. The molecule has 7 heteroatoms. The van der Waals surface area contributed by atoms with E-state index in [4.69, 9.17) is 11.6 Å². The van der Waals surface area contributed by atoms with E-state index >= 15 is 0 Å². The Hall–Kier alpha value is -3.30. The van der Waals surface area contributed by atoms with E-state index in [1.807, 2.05) is 35.2 Å². The first kappa shape index (κ1) is 20.4. The number of rotatable bonds is 5. The fraction of sp³-hybridized carbons (Fsp3) is 0.227. The van der Waals surface area contributed by atoms with Gasteiger partial charge in [0.25, 0.3) is 5.91 Å². The van der Waals surface area contributed by atoms with E-state index < -0.39 is 5.91 Å². The first-order valence-corrected chi connectivity index (χ1v) is 9.63. The predicted octanol–water partition coefficient (Wildman–Crippen LogP) is 3.71. The molecule has 1 saturated heterocycles. The van der Waals surface area contributed by atoms with Crippen molar-refractivity contribution in [1.29, 1.82) is 5.26 Å². The minimum absolute atomic E-state index is 0.0388. The molecule has 0 spiro atoms. The number of anilines is 2. The molecule has 1 N–H and O–H groups in total. The number of nitrogens with zero attached hydrogens (tertiary/aromatic N) is 3. The summed E-state index contributed by atoms with van der Waals surface area (Å²) in [7, 11) is 0. The van der Waals surface area contributed by atoms with Gasteiger partial charge in [-0.1, -0.05) is 17.7 Å². The number of Topliss-reactive ketones (excluding diaryl/α,β-unsaturated/α-hetero) is 1. The molecule has 1 aliphatic rings. The molecule has 0 atom stereocenters. The number of carbonyl (C=O) groups excluding carboxylic acids is 2. The second-order valence-corrected chi connectivity index (χ2v) is 7.18. The van der Waals surface area contributed by atoms with Gasteiger partial charge in [-0.2, -0.15) is 5.26 Å². The van der Waals surface area contributed by atoms with Crippen LogP contribution in [0.5, 0.6) is 0 Å². The largest absolute Gasteiger partial charge is 0.373 e. The van der Waals surface area contributed by atoms with Crippen LogP contribution in [-0.2, 0) is 4.79 Å². The van der Waals surface area contributed by atoms with Crippen molar-refractivity contribution in [3.8, 4) is 6.07 Å². The zero-order valence-corrected chi connectivity index (χ0v) is 16.8. The van der Waals surface area contributed by atoms with Crippen LogP contribution in [0, 0.1) is 11.3 Å². The summed E-state index contributed by atoms with van der Waals surface area (Å²) < 4.78 is 0. The number of hydrogen-bond donors (Lipinski definition) is 1. The average Bonchev–Trinajstić information content (AvgIpc) is 2.72. The van der Waals surface area contributed by atoms with E-state index in [9.17, 15) is 14.9 Å². The van der Waals surface area contributed by atoms with Gasteiger partial charge in [-0.25, -0.2) is 0 Å². The molecule has 1 aliphatic heterocycles. The highest BCUT2D eigenvalue weighted by molar-refractivity contribution is 6.30. The lowest BCUT2D eigenvalue weighted by Crippen LogP contribution is -2.44. The molecule has 0 unspecified atom stereocenters. The van der Waals surface area contributed by atoms with E-state index in [2.05, 4.69) is 10.2 Å². The van der Waals surface area contributed by atoms with Crippen LogP contribution in [0.3, 0.4) is 0 Å². The van der Waals surface area contributed by atoms with Gasteiger partial charge in [0.1, 0.15) is 11.6 Å². The zero-order chi connectivity index (χ0) is 20.8. The Labute approximate surface area is 175 Å². The highest BCUT2D eigenvalue weighted by Crippen LogP contribution is 2.21. The molecule has 1 heterocycles. The molecular formula is C22H21ClN4O2. The van der Waals surface area contributed by atoms with Gasteiger partial charge in [0.15, 0.2) is 5.78 Å². The average molecular weight is 409 g/mol. The minimum Gasteiger partial charge on any atom is -0.373 e. The fourth-order valence-electron chi connectivity index (χ4n) is 3.09. The first-order valence-electron chi connectivity index (χ1n) is 9.25. The third-order valence-electron chi connectivity index (χ3n) is 4.71. The lowest BCUT2D eigenvalue weighted by molar-refractivity contribution is -0.112. The van der Waals surface area contributed by atoms with Gasteiger partial charge in [-0.3, -0.25) is 9.59 Å². The van der Waals surface area contributed by atoms with Gasteiger partial charge in [0, 0.05) is 54.3 Å². The Kier molecular flexibility index (Phi) is 6.53. The number of piperazine rings is 1. The number of nitrogens with one attached hydrogen (secondary N) is 1. The molecule has 0 radical (unpaired) electrons. The Bertz CT molecular complexity index is 971. The first-order chi connectivity index (χ1) is 14.0. The molecule has 0 saturated carbocycles. The number of halogens is 1. The van der Waals surface area contributed by atoms with Gasteiger partial charge < -0.3 is 15.1 Å². The molecule has 1 amide bonds. The number of hydrogen-bond acceptors (Lipinski definition) is 5. The van der Waals surface area contributed by atoms with Gasteiger partial charge in [0.05, 0.1) is 0 Å². The van der Waals surface area contributed by atoms with Crippen LogP contribution in [0.1, 0.15) is 17.3 Å². The molecule has 6 nitrogen and oxygen atoms in total. The summed E-state index contributed by atoms with van der Waals surface area (Å²) in [6, 6.07) is 16.3. The molecule has 3 rings (SSSR count). The van der Waals surface area contributed by atoms with Crippen molar-refractivity contribution < 1.29 is 9.59 Å². The van der Waals surface area contributed by atoms with Gasteiger partial charge in [-0.05, 0) is 49.4 Å². The Morgan fingerprint density at radius 3 is 2.38 bits per heavy atom. The van der Waals surface area contributed by atoms with Gasteiger partial charge in [-0.15, -0.1) is 0 Å². The predicted molar refractivity (Wildman–Crippen MR) is 114 cm³/mol. The van der Waals surface area contributed by atoms with Crippen molar-refractivity contribution >= 4 is 34.7 Å². The molecule has 2 aromatic carbocycles. The second kappa shape index (κ2) is 9.26. The van der Waals surface area contributed by atoms with Crippen molar-refractivity contribution in [2.75, 3.05) is 36.4 Å². The van der Waals surface area contributed by atoms with Crippen LogP contribution in [0.15, 0.2) is 60.3 Å². The Balaban J connectivity index is 1.60. The zero-order valence-electron chi connectivity index (χ0n) is 16.1. The van der Waals surface area contributed by atoms with Crippen molar-refractivity contribution in [3.63, 3.8) is 0 Å². The molecule has 2 aromatic rings. The molecule has 148 valence electrons. The monoisotopic (exact) mass is 408 g/mol. The second-order valence-electron chi connectivity index (χ2n) is 6.75. The summed E-state index contributed by atoms with van der Waals surface area (Å²) in [6.45, 7) is 4.40. The van der Waals surface area contributed by atoms with E-state index in [0.29, 0.717) is 29.4 Å². The number of nitriles is 1. The highest BCUT2D eigenvalue weighted by atomic mass is 35.5. The van der Waals surface area contributed by atoms with E-state index in [0.717, 1.165) is 18.8 Å². The van der Waals surface area contributed by atoms with Crippen LogP contribution < -0.4 is 10.2 Å². The van der Waals surface area contributed by atoms with Crippen molar-refractivity contribution in [3.05, 3.63) is 70.9 Å². The van der Waals surface area contributed by atoms with Crippen LogP contribution in [0.25, 0.3) is 0 Å². The molecule has 0 aromatic heterocycles. The van der Waals surface area contributed by atoms with Gasteiger partial charge >= 0.3 is 0 Å². The smallest absolute Gasteiger partial charge is 0.267 e. The lowest BCUT2D eigenvalue weighted by atomic mass is 10.1. The Morgan fingerprint density at radius 1 is 1.10 bits per heavy atom. The maximum Gasteiger partial charge on any atom is 0.267 e. The fourth-order valence-corrected chi connectivity index (χ4v) is 3.27. The minimum atomic E-state index is -0.472. The molecule has 29 heavy (non-hydrogen) atoms. The SMILES string of the molecule is CC(=O)c1ccc(NC(=O)/C(C#N)=C\N2CCN(c3cccc(Cl)c3)CC2)cc1. The van der Waals surface area contributed by atoms with Crippen molar-refractivity contribution in [1.82, 2.24) is 4.90 Å². The summed E-state index contributed by atoms with van der Waals surface area (Å²) in [5.74, 6) is -0.516. The van der Waals surface area contributed by atoms with Crippen LogP contribution in [0.2, 0.25) is 5.02 Å². The third kappa shape index (κ3) is 5.37. The molecule has 0 aliphatic carbocycles. The third-order valence-corrected chi connectivity index (χ3v) is 4.95. The van der Waals surface area contributed by atoms with Crippen LogP contribution >= 0.6 is 11.6 Å². The number of amides is 1. The summed E-state index contributed by atoms with van der Waals surface area (Å²) in [6.07, 6.45) is 1.61.